The Morgan fingerprint density at radius 1 is 1.25 bits per heavy atom. The minimum absolute atomic E-state index is 0.221. The van der Waals surface area contributed by atoms with Crippen LogP contribution >= 0.6 is 0 Å². The van der Waals surface area contributed by atoms with Gasteiger partial charge in [-0.3, -0.25) is 9.36 Å². The summed E-state index contributed by atoms with van der Waals surface area (Å²) in [7, 11) is -1.79. The molecule has 2 aromatic rings. The number of methoxy groups -OCH3 is 1. The first-order valence-corrected chi connectivity index (χ1v) is 8.05. The Morgan fingerprint density at radius 3 is 2.33 bits per heavy atom. The molecular formula is C14H14FN3O5S. The van der Waals surface area contributed by atoms with Gasteiger partial charge in [-0.2, -0.15) is 8.96 Å². The summed E-state index contributed by atoms with van der Waals surface area (Å²) >= 11 is 0. The summed E-state index contributed by atoms with van der Waals surface area (Å²) in [5.41, 5.74) is -1.61. The number of rotatable bonds is 3. The van der Waals surface area contributed by atoms with E-state index in [1.54, 1.807) is 0 Å². The Hall–Kier alpha value is -2.75. The van der Waals surface area contributed by atoms with Crippen molar-refractivity contribution in [1.82, 2.24) is 8.54 Å². The van der Waals surface area contributed by atoms with Gasteiger partial charge in [-0.1, -0.05) is 0 Å². The van der Waals surface area contributed by atoms with Gasteiger partial charge in [0, 0.05) is 14.0 Å². The molecule has 2 rings (SSSR count). The first-order chi connectivity index (χ1) is 11.2. The molecule has 1 aromatic carbocycles. The molecular weight excluding hydrogens is 341 g/mol. The Kier molecular flexibility index (Phi) is 4.69. The third-order valence-electron chi connectivity index (χ3n) is 3.12. The van der Waals surface area contributed by atoms with Crippen LogP contribution in [-0.4, -0.2) is 30.0 Å². The highest BCUT2D eigenvalue weighted by Crippen LogP contribution is 2.17. The Balaban J connectivity index is 2.72. The lowest BCUT2D eigenvalue weighted by atomic mass is 10.3. The lowest BCUT2D eigenvalue weighted by Gasteiger charge is -2.10. The van der Waals surface area contributed by atoms with E-state index in [2.05, 4.69) is 4.99 Å². The van der Waals surface area contributed by atoms with Gasteiger partial charge in [0.2, 0.25) is 5.91 Å². The van der Waals surface area contributed by atoms with Gasteiger partial charge in [-0.15, -0.1) is 0 Å². The number of ether oxygens (including phenoxy) is 1. The highest BCUT2D eigenvalue weighted by Gasteiger charge is 2.21. The molecule has 0 bridgehead atoms. The van der Waals surface area contributed by atoms with Gasteiger partial charge in [0.15, 0.2) is 11.3 Å². The van der Waals surface area contributed by atoms with E-state index in [0.717, 1.165) is 14.0 Å². The monoisotopic (exact) mass is 355 g/mol. The second-order valence-corrected chi connectivity index (χ2v) is 6.56. The van der Waals surface area contributed by atoms with Crippen molar-refractivity contribution in [3.05, 3.63) is 52.3 Å². The minimum Gasteiger partial charge on any atom is -0.497 e. The van der Waals surface area contributed by atoms with Crippen LogP contribution in [0.2, 0.25) is 0 Å². The van der Waals surface area contributed by atoms with Crippen molar-refractivity contribution in [2.75, 3.05) is 7.11 Å². The van der Waals surface area contributed by atoms with Crippen molar-refractivity contribution in [2.45, 2.75) is 11.8 Å². The quantitative estimate of drug-likeness (QED) is 0.773. The van der Waals surface area contributed by atoms with Crippen molar-refractivity contribution in [1.29, 1.82) is 0 Å². The van der Waals surface area contributed by atoms with Gasteiger partial charge in [-0.05, 0) is 24.3 Å². The number of carbonyl (C=O) groups excluding carboxylic acids is 1. The predicted molar refractivity (Wildman–Crippen MR) is 81.5 cm³/mol. The molecule has 0 aliphatic heterocycles. The first kappa shape index (κ1) is 17.6. The average Bonchev–Trinajstić information content (AvgIpc) is 2.54. The number of hydrogen-bond acceptors (Lipinski definition) is 5. The fourth-order valence-corrected chi connectivity index (χ4v) is 3.19. The number of amides is 1. The van der Waals surface area contributed by atoms with Crippen LogP contribution in [0.15, 0.2) is 45.1 Å². The summed E-state index contributed by atoms with van der Waals surface area (Å²) < 4.78 is 45.0. The van der Waals surface area contributed by atoms with Crippen molar-refractivity contribution < 1.29 is 22.3 Å². The molecule has 24 heavy (non-hydrogen) atoms. The molecule has 1 amide bonds. The molecule has 0 unspecified atom stereocenters. The molecule has 0 saturated carbocycles. The molecule has 0 aliphatic carbocycles. The van der Waals surface area contributed by atoms with Gasteiger partial charge in [0.05, 0.1) is 18.2 Å². The zero-order valence-corrected chi connectivity index (χ0v) is 13.9. The van der Waals surface area contributed by atoms with Crippen LogP contribution in [0.5, 0.6) is 5.75 Å². The zero-order valence-electron chi connectivity index (χ0n) is 13.1. The second kappa shape index (κ2) is 6.40. The van der Waals surface area contributed by atoms with E-state index in [4.69, 9.17) is 4.74 Å². The SMILES string of the molecule is COc1ccc(S(=O)(=O)n2cc(F)/c(=N\C(C)=O)n(C)c2=O)cc1. The summed E-state index contributed by atoms with van der Waals surface area (Å²) in [4.78, 5) is 26.4. The normalized spacial score (nSPS) is 12.2. The van der Waals surface area contributed by atoms with E-state index in [9.17, 15) is 22.4 Å². The fourth-order valence-electron chi connectivity index (χ4n) is 1.93. The van der Waals surface area contributed by atoms with E-state index in [1.807, 2.05) is 0 Å². The second-order valence-electron chi connectivity index (χ2n) is 4.75. The van der Waals surface area contributed by atoms with E-state index < -0.39 is 32.9 Å². The van der Waals surface area contributed by atoms with Crippen LogP contribution < -0.4 is 15.9 Å². The van der Waals surface area contributed by atoms with Crippen LogP contribution in [0.1, 0.15) is 6.92 Å². The van der Waals surface area contributed by atoms with Crippen LogP contribution in [0.3, 0.4) is 0 Å². The first-order valence-electron chi connectivity index (χ1n) is 6.61. The topological polar surface area (TPSA) is 99.7 Å². The van der Waals surface area contributed by atoms with Crippen molar-refractivity contribution in [2.24, 2.45) is 12.0 Å². The summed E-state index contributed by atoms with van der Waals surface area (Å²) in [6, 6.07) is 5.25. The van der Waals surface area contributed by atoms with Crippen LogP contribution in [0.25, 0.3) is 0 Å². The maximum absolute atomic E-state index is 14.1. The molecule has 0 radical (unpaired) electrons. The number of benzene rings is 1. The fraction of sp³-hybridized carbons (Fsp3) is 0.214. The summed E-state index contributed by atoms with van der Waals surface area (Å²) in [5, 5.41) is 0. The lowest BCUT2D eigenvalue weighted by molar-refractivity contribution is -0.116. The smallest absolute Gasteiger partial charge is 0.343 e. The number of aromatic nitrogens is 2. The molecule has 0 N–H and O–H groups in total. The maximum Gasteiger partial charge on any atom is 0.343 e. The van der Waals surface area contributed by atoms with E-state index >= 15 is 0 Å². The number of hydrogen-bond donors (Lipinski definition) is 0. The van der Waals surface area contributed by atoms with Gasteiger partial charge in [0.25, 0.3) is 10.0 Å². The summed E-state index contributed by atoms with van der Waals surface area (Å²) in [5.74, 6) is -1.42. The van der Waals surface area contributed by atoms with Crippen LogP contribution in [0, 0.1) is 5.82 Å². The minimum atomic E-state index is -4.32. The average molecular weight is 355 g/mol. The molecule has 1 heterocycles. The van der Waals surface area contributed by atoms with Gasteiger partial charge >= 0.3 is 5.69 Å². The van der Waals surface area contributed by atoms with Gasteiger partial charge < -0.3 is 4.74 Å². The Morgan fingerprint density at radius 2 is 1.83 bits per heavy atom. The molecule has 1 aromatic heterocycles. The third kappa shape index (κ3) is 3.13. The van der Waals surface area contributed by atoms with E-state index in [1.165, 1.54) is 31.4 Å². The number of nitrogens with zero attached hydrogens (tertiary/aromatic N) is 3. The molecule has 0 fully saturated rings. The number of carbonyl (C=O) groups is 1. The zero-order chi connectivity index (χ0) is 18.1. The molecule has 10 heteroatoms. The van der Waals surface area contributed by atoms with Gasteiger partial charge in [-0.25, -0.2) is 17.6 Å². The lowest BCUT2D eigenvalue weighted by Crippen LogP contribution is -2.42. The van der Waals surface area contributed by atoms with Crippen molar-refractivity contribution >= 4 is 15.9 Å². The predicted octanol–water partition coefficient (Wildman–Crippen LogP) is 0.0187. The van der Waals surface area contributed by atoms with Crippen LogP contribution in [0.4, 0.5) is 4.39 Å². The van der Waals surface area contributed by atoms with Crippen molar-refractivity contribution in [3.8, 4) is 5.75 Å². The Bertz CT molecular complexity index is 1020. The highest BCUT2D eigenvalue weighted by molar-refractivity contribution is 7.90. The van der Waals surface area contributed by atoms with Crippen LogP contribution in [-0.2, 0) is 21.9 Å². The molecule has 128 valence electrons. The largest absolute Gasteiger partial charge is 0.497 e. The molecule has 0 aliphatic rings. The standard InChI is InChI=1S/C14H14FN3O5S/c1-9(19)16-13-12(15)8-18(14(20)17(13)2)24(21,22)11-6-4-10(23-3)5-7-11/h4-8H,1-3H3/b16-13+. The molecule has 0 saturated heterocycles. The van der Waals surface area contributed by atoms with E-state index in [0.29, 0.717) is 16.5 Å². The molecule has 0 atom stereocenters. The third-order valence-corrected chi connectivity index (χ3v) is 4.76. The molecule has 8 nitrogen and oxygen atoms in total. The van der Waals surface area contributed by atoms with Gasteiger partial charge in [0.1, 0.15) is 5.75 Å². The summed E-state index contributed by atoms with van der Waals surface area (Å²) in [6.07, 6.45) is 0.490. The molecule has 0 spiro atoms. The van der Waals surface area contributed by atoms with E-state index in [-0.39, 0.29) is 8.87 Å². The number of halogens is 1. The summed E-state index contributed by atoms with van der Waals surface area (Å²) in [6.45, 7) is 1.08. The Labute approximate surface area is 136 Å². The maximum atomic E-state index is 14.1. The highest BCUT2D eigenvalue weighted by atomic mass is 32.2. The van der Waals surface area contributed by atoms with Crippen molar-refractivity contribution in [3.63, 3.8) is 0 Å².